The average Bonchev–Trinajstić information content (AvgIpc) is 3.13. The van der Waals surface area contributed by atoms with Gasteiger partial charge in [-0.05, 0) is 93.7 Å². The number of fused-ring (bicyclic) bond motifs is 4. The van der Waals surface area contributed by atoms with Crippen LogP contribution < -0.4 is 0 Å². The van der Waals surface area contributed by atoms with Crippen LogP contribution in [-0.4, -0.2) is 0 Å². The van der Waals surface area contributed by atoms with Gasteiger partial charge in [0.1, 0.15) is 0 Å². The van der Waals surface area contributed by atoms with Gasteiger partial charge >= 0.3 is 0 Å². The van der Waals surface area contributed by atoms with Crippen LogP contribution in [-0.2, 0) is 0 Å². The molecule has 0 aliphatic heterocycles. The van der Waals surface area contributed by atoms with Crippen molar-refractivity contribution in [3.8, 4) is 44.5 Å². The third-order valence-electron chi connectivity index (χ3n) is 9.45. The molecule has 0 radical (unpaired) electrons. The maximum Gasteiger partial charge on any atom is -0.00264 e. The van der Waals surface area contributed by atoms with Crippen molar-refractivity contribution >= 4 is 43.1 Å². The Bertz CT molecular complexity index is 2430. The van der Waals surface area contributed by atoms with Gasteiger partial charge in [-0.1, -0.05) is 176 Å². The minimum absolute atomic E-state index is 1.23. The quantitative estimate of drug-likeness (QED) is 0.181. The van der Waals surface area contributed by atoms with Crippen LogP contribution in [0.25, 0.3) is 87.6 Å². The van der Waals surface area contributed by atoms with Gasteiger partial charge in [0, 0.05) is 0 Å². The van der Waals surface area contributed by atoms with E-state index in [9.17, 15) is 0 Å². The van der Waals surface area contributed by atoms with Gasteiger partial charge in [0.05, 0.1) is 0 Å². The van der Waals surface area contributed by atoms with Crippen LogP contribution in [0.3, 0.4) is 0 Å². The molecule has 0 N–H and O–H groups in total. The van der Waals surface area contributed by atoms with E-state index < -0.39 is 0 Å². The lowest BCUT2D eigenvalue weighted by Gasteiger charge is -2.18. The summed E-state index contributed by atoms with van der Waals surface area (Å²) in [6.07, 6.45) is 0. The first-order valence-electron chi connectivity index (χ1n) is 15.9. The van der Waals surface area contributed by atoms with Crippen molar-refractivity contribution in [1.82, 2.24) is 0 Å². The summed E-state index contributed by atoms with van der Waals surface area (Å²) in [6.45, 7) is 0. The van der Waals surface area contributed by atoms with Gasteiger partial charge in [-0.3, -0.25) is 0 Å². The van der Waals surface area contributed by atoms with Crippen molar-refractivity contribution in [1.29, 1.82) is 0 Å². The molecule has 0 heteroatoms. The van der Waals surface area contributed by atoms with Crippen LogP contribution in [0.4, 0.5) is 0 Å². The third-order valence-corrected chi connectivity index (χ3v) is 9.45. The highest BCUT2D eigenvalue weighted by molar-refractivity contribution is 6.21. The van der Waals surface area contributed by atoms with Crippen molar-refractivity contribution in [3.05, 3.63) is 182 Å². The summed E-state index contributed by atoms with van der Waals surface area (Å²) >= 11 is 0. The van der Waals surface area contributed by atoms with Gasteiger partial charge < -0.3 is 0 Å². The first-order valence-corrected chi connectivity index (χ1v) is 15.9. The van der Waals surface area contributed by atoms with Gasteiger partial charge in [-0.2, -0.15) is 0 Å². The zero-order chi connectivity index (χ0) is 30.5. The fourth-order valence-corrected chi connectivity index (χ4v) is 7.34. The minimum Gasteiger partial charge on any atom is -0.0622 e. The van der Waals surface area contributed by atoms with Crippen LogP contribution >= 0.6 is 0 Å². The lowest BCUT2D eigenvalue weighted by atomic mass is 9.85. The average molecular weight is 583 g/mol. The number of rotatable bonds is 4. The molecule has 0 heterocycles. The van der Waals surface area contributed by atoms with Gasteiger partial charge in [0.15, 0.2) is 0 Å². The van der Waals surface area contributed by atoms with E-state index in [1.807, 2.05) is 0 Å². The van der Waals surface area contributed by atoms with Crippen molar-refractivity contribution in [2.24, 2.45) is 0 Å². The smallest absolute Gasteiger partial charge is 0.00264 e. The molecule has 9 rings (SSSR count). The molecule has 9 aromatic rings. The maximum absolute atomic E-state index is 2.31. The van der Waals surface area contributed by atoms with Crippen LogP contribution in [0.2, 0.25) is 0 Å². The fraction of sp³-hybridized carbons (Fsp3) is 0. The van der Waals surface area contributed by atoms with Crippen LogP contribution in [0.1, 0.15) is 0 Å². The van der Waals surface area contributed by atoms with E-state index in [-0.39, 0.29) is 0 Å². The van der Waals surface area contributed by atoms with Gasteiger partial charge in [-0.25, -0.2) is 0 Å². The molecule has 0 bridgehead atoms. The van der Waals surface area contributed by atoms with Gasteiger partial charge in [0.25, 0.3) is 0 Å². The summed E-state index contributed by atoms with van der Waals surface area (Å²) in [5.41, 5.74) is 10.0. The SMILES string of the molecule is c1ccc(-c2ccc(-c3c4ccccc4c(-c4ccc(-c5c6ccccc6cc6ccccc56)cc4)c4ccccc34)cc2)cc1. The first-order chi connectivity index (χ1) is 22.8. The predicted octanol–water partition coefficient (Wildman–Crippen LogP) is 13.0. The number of hydrogen-bond acceptors (Lipinski definition) is 0. The Morgan fingerprint density at radius 2 is 0.478 bits per heavy atom. The maximum atomic E-state index is 2.31. The van der Waals surface area contributed by atoms with E-state index in [1.54, 1.807) is 0 Å². The lowest BCUT2D eigenvalue weighted by Crippen LogP contribution is -1.91. The molecule has 0 atom stereocenters. The summed E-state index contributed by atoms with van der Waals surface area (Å²) in [5, 5.41) is 10.2. The van der Waals surface area contributed by atoms with E-state index in [4.69, 9.17) is 0 Å². The Kier molecular flexibility index (Phi) is 6.25. The van der Waals surface area contributed by atoms with Crippen molar-refractivity contribution < 1.29 is 0 Å². The molecule has 0 amide bonds. The Hall–Kier alpha value is -5.98. The summed E-state index contributed by atoms with van der Waals surface area (Å²) < 4.78 is 0. The highest BCUT2D eigenvalue weighted by Gasteiger charge is 2.17. The van der Waals surface area contributed by atoms with Crippen molar-refractivity contribution in [2.45, 2.75) is 0 Å². The molecular formula is C46H30. The Balaban J connectivity index is 1.23. The standard InChI is InChI=1S/C46H30/c1-2-12-31(13-3-1)32-22-24-34(25-23-32)45-40-18-8-10-20-42(40)46(43-21-11-9-19-41(43)45)35-28-26-33(27-29-35)44-38-16-6-4-14-36(38)30-37-15-5-7-17-39(37)44/h1-30H. The second-order valence-corrected chi connectivity index (χ2v) is 12.1. The molecule has 0 aliphatic carbocycles. The molecular weight excluding hydrogens is 553 g/mol. The van der Waals surface area contributed by atoms with Gasteiger partial charge in [-0.15, -0.1) is 0 Å². The zero-order valence-corrected chi connectivity index (χ0v) is 25.3. The number of benzene rings is 9. The molecule has 0 saturated carbocycles. The summed E-state index contributed by atoms with van der Waals surface area (Å²) in [4.78, 5) is 0. The second kappa shape index (κ2) is 10.9. The fourth-order valence-electron chi connectivity index (χ4n) is 7.34. The highest BCUT2D eigenvalue weighted by atomic mass is 14.2. The lowest BCUT2D eigenvalue weighted by molar-refractivity contribution is 1.61. The molecule has 9 aromatic carbocycles. The Morgan fingerprint density at radius 3 is 0.891 bits per heavy atom. The predicted molar refractivity (Wildman–Crippen MR) is 198 cm³/mol. The molecule has 46 heavy (non-hydrogen) atoms. The molecule has 0 aliphatic rings. The topological polar surface area (TPSA) is 0 Å². The van der Waals surface area contributed by atoms with Crippen LogP contribution in [0.15, 0.2) is 182 Å². The number of hydrogen-bond donors (Lipinski definition) is 0. The molecule has 214 valence electrons. The highest BCUT2D eigenvalue weighted by Crippen LogP contribution is 2.45. The largest absolute Gasteiger partial charge is 0.0622 e. The molecule has 0 fully saturated rings. The van der Waals surface area contributed by atoms with Crippen LogP contribution in [0, 0.1) is 0 Å². The van der Waals surface area contributed by atoms with Crippen molar-refractivity contribution in [3.63, 3.8) is 0 Å². The monoisotopic (exact) mass is 582 g/mol. The van der Waals surface area contributed by atoms with E-state index in [2.05, 4.69) is 182 Å². The molecule has 0 saturated heterocycles. The Labute approximate surface area is 268 Å². The van der Waals surface area contributed by atoms with E-state index in [1.165, 1.54) is 87.6 Å². The summed E-state index contributed by atoms with van der Waals surface area (Å²) in [7, 11) is 0. The minimum atomic E-state index is 1.23. The zero-order valence-electron chi connectivity index (χ0n) is 25.3. The normalized spacial score (nSPS) is 11.5. The molecule has 0 spiro atoms. The molecule has 0 unspecified atom stereocenters. The molecule has 0 nitrogen and oxygen atoms in total. The Morgan fingerprint density at radius 1 is 0.196 bits per heavy atom. The van der Waals surface area contributed by atoms with Gasteiger partial charge in [0.2, 0.25) is 0 Å². The van der Waals surface area contributed by atoms with E-state index in [0.29, 0.717) is 0 Å². The molecule has 0 aromatic heterocycles. The van der Waals surface area contributed by atoms with Crippen LogP contribution in [0.5, 0.6) is 0 Å². The summed E-state index contributed by atoms with van der Waals surface area (Å²) in [5.74, 6) is 0. The van der Waals surface area contributed by atoms with E-state index in [0.717, 1.165) is 0 Å². The van der Waals surface area contributed by atoms with E-state index >= 15 is 0 Å². The third kappa shape index (κ3) is 4.30. The summed E-state index contributed by atoms with van der Waals surface area (Å²) in [6, 6.07) is 66.5. The second-order valence-electron chi connectivity index (χ2n) is 12.1. The first kappa shape index (κ1) is 26.4. The van der Waals surface area contributed by atoms with Crippen molar-refractivity contribution in [2.75, 3.05) is 0 Å².